The molecule has 0 saturated heterocycles. The zero-order valence-corrected chi connectivity index (χ0v) is 12.8. The maximum absolute atomic E-state index is 11.3. The second kappa shape index (κ2) is 8.41. The Kier molecular flexibility index (Phi) is 6.21. The molecule has 1 nitrogen and oxygen atoms in total. The minimum atomic E-state index is 0.0479. The van der Waals surface area contributed by atoms with Crippen LogP contribution >= 0.6 is 0 Å². The lowest BCUT2D eigenvalue weighted by Gasteiger charge is -2.11. The number of hydrogen-bond acceptors (Lipinski definition) is 1. The maximum Gasteiger partial charge on any atom is 0.127 e. The van der Waals surface area contributed by atoms with Crippen LogP contribution in [0.15, 0.2) is 54.6 Å². The highest BCUT2D eigenvalue weighted by Gasteiger charge is 2.10. The number of rotatable bonds is 8. The van der Waals surface area contributed by atoms with E-state index in [-0.39, 0.29) is 5.92 Å². The van der Waals surface area contributed by atoms with Crippen molar-refractivity contribution in [1.29, 1.82) is 0 Å². The summed E-state index contributed by atoms with van der Waals surface area (Å²) in [5, 5.41) is 0. The number of carbonyl (C=O) groups excluding carboxylic acids is 1. The van der Waals surface area contributed by atoms with Gasteiger partial charge in [0, 0.05) is 5.92 Å². The molecule has 0 aromatic heterocycles. The summed E-state index contributed by atoms with van der Waals surface area (Å²) in [5.74, 6) is 0.0479. The van der Waals surface area contributed by atoms with E-state index in [1.54, 1.807) is 0 Å². The van der Waals surface area contributed by atoms with Crippen LogP contribution in [0.1, 0.15) is 50.5 Å². The number of carbonyl (C=O) groups is 1. The minimum absolute atomic E-state index is 0.0479. The molecule has 2 rings (SSSR count). The molecule has 0 bridgehead atoms. The molecule has 110 valence electrons. The van der Waals surface area contributed by atoms with Gasteiger partial charge in [-0.1, -0.05) is 87.2 Å². The van der Waals surface area contributed by atoms with E-state index in [0.717, 1.165) is 24.7 Å². The molecule has 2 aromatic carbocycles. The third-order valence-corrected chi connectivity index (χ3v) is 3.98. The fourth-order valence-corrected chi connectivity index (χ4v) is 2.66. The van der Waals surface area contributed by atoms with Crippen LogP contribution in [0.3, 0.4) is 0 Å². The Hall–Kier alpha value is -1.89. The van der Waals surface area contributed by atoms with Gasteiger partial charge in [0.05, 0.1) is 0 Å². The third-order valence-electron chi connectivity index (χ3n) is 3.98. The number of unbranched alkanes of at least 4 members (excludes halogenated alkanes) is 3. The third kappa shape index (κ3) is 4.56. The Morgan fingerprint density at radius 3 is 2.14 bits per heavy atom. The van der Waals surface area contributed by atoms with Crippen molar-refractivity contribution in [2.45, 2.75) is 44.9 Å². The monoisotopic (exact) mass is 280 g/mol. The van der Waals surface area contributed by atoms with Gasteiger partial charge in [-0.25, -0.2) is 0 Å². The molecule has 0 aliphatic carbocycles. The highest BCUT2D eigenvalue weighted by Crippen LogP contribution is 2.25. The van der Waals surface area contributed by atoms with E-state index in [4.69, 9.17) is 0 Å². The van der Waals surface area contributed by atoms with Crippen molar-refractivity contribution in [2.24, 2.45) is 0 Å². The van der Waals surface area contributed by atoms with Crippen molar-refractivity contribution in [3.63, 3.8) is 0 Å². The Bertz CT molecular complexity index is 528. The Morgan fingerprint density at radius 1 is 0.857 bits per heavy atom. The predicted molar refractivity (Wildman–Crippen MR) is 89.4 cm³/mol. The Balaban J connectivity index is 2.01. The molecule has 0 aliphatic rings. The lowest BCUT2D eigenvalue weighted by Crippen LogP contribution is -2.00. The SMILES string of the molecule is CCCCCC[C@H](C=O)c1ccc(-c2ccccc2)cc1. The molecule has 0 fully saturated rings. The summed E-state index contributed by atoms with van der Waals surface area (Å²) in [7, 11) is 0. The van der Waals surface area contributed by atoms with E-state index in [1.165, 1.54) is 30.4 Å². The summed E-state index contributed by atoms with van der Waals surface area (Å²) in [5.41, 5.74) is 3.56. The van der Waals surface area contributed by atoms with Gasteiger partial charge < -0.3 is 4.79 Å². The zero-order valence-electron chi connectivity index (χ0n) is 12.8. The standard InChI is InChI=1S/C20H24O/c1-2-3-4-6-11-20(16-21)19-14-12-18(13-15-19)17-9-7-5-8-10-17/h5,7-10,12-16,20H,2-4,6,11H2,1H3/t20-/m1/s1. The van der Waals surface area contributed by atoms with E-state index in [0.29, 0.717) is 0 Å². The quantitative estimate of drug-likeness (QED) is 0.454. The lowest BCUT2D eigenvalue weighted by molar-refractivity contribution is -0.109. The minimum Gasteiger partial charge on any atom is -0.303 e. The molecular weight excluding hydrogens is 256 g/mol. The van der Waals surface area contributed by atoms with Gasteiger partial charge in [0.15, 0.2) is 0 Å². The van der Waals surface area contributed by atoms with Crippen LogP contribution in [0.2, 0.25) is 0 Å². The van der Waals surface area contributed by atoms with Crippen LogP contribution in [0.25, 0.3) is 11.1 Å². The first-order chi connectivity index (χ1) is 10.3. The molecule has 2 aromatic rings. The highest BCUT2D eigenvalue weighted by molar-refractivity contribution is 5.66. The van der Waals surface area contributed by atoms with Crippen LogP contribution in [-0.4, -0.2) is 6.29 Å². The molecule has 0 saturated carbocycles. The van der Waals surface area contributed by atoms with Crippen LogP contribution < -0.4 is 0 Å². The molecule has 0 radical (unpaired) electrons. The van der Waals surface area contributed by atoms with Crippen LogP contribution in [0, 0.1) is 0 Å². The van der Waals surface area contributed by atoms with Crippen molar-refractivity contribution in [2.75, 3.05) is 0 Å². The first-order valence-electron chi connectivity index (χ1n) is 7.96. The van der Waals surface area contributed by atoms with Crippen LogP contribution in [0.4, 0.5) is 0 Å². The summed E-state index contributed by atoms with van der Waals surface area (Å²) < 4.78 is 0. The molecule has 1 heteroatoms. The van der Waals surface area contributed by atoms with Crippen molar-refractivity contribution in [1.82, 2.24) is 0 Å². The first kappa shape index (κ1) is 15.5. The molecule has 0 amide bonds. The molecule has 0 N–H and O–H groups in total. The predicted octanol–water partition coefficient (Wildman–Crippen LogP) is 5.61. The summed E-state index contributed by atoms with van der Waals surface area (Å²) in [6, 6.07) is 18.8. The van der Waals surface area contributed by atoms with Gasteiger partial charge >= 0.3 is 0 Å². The highest BCUT2D eigenvalue weighted by atomic mass is 16.1. The smallest absolute Gasteiger partial charge is 0.127 e. The maximum atomic E-state index is 11.3. The summed E-state index contributed by atoms with van der Waals surface area (Å²) >= 11 is 0. The molecule has 0 aliphatic heterocycles. The summed E-state index contributed by atoms with van der Waals surface area (Å²) in [6.45, 7) is 2.21. The second-order valence-electron chi connectivity index (χ2n) is 5.58. The second-order valence-corrected chi connectivity index (χ2v) is 5.58. The fraction of sp³-hybridized carbons (Fsp3) is 0.350. The topological polar surface area (TPSA) is 17.1 Å². The van der Waals surface area contributed by atoms with E-state index < -0.39 is 0 Å². The van der Waals surface area contributed by atoms with E-state index in [2.05, 4.69) is 43.3 Å². The Labute approximate surface area is 128 Å². The Morgan fingerprint density at radius 2 is 1.52 bits per heavy atom. The van der Waals surface area contributed by atoms with Crippen molar-refractivity contribution in [3.8, 4) is 11.1 Å². The van der Waals surface area contributed by atoms with Gasteiger partial charge in [-0.2, -0.15) is 0 Å². The van der Waals surface area contributed by atoms with Gasteiger partial charge in [0.25, 0.3) is 0 Å². The van der Waals surface area contributed by atoms with E-state index >= 15 is 0 Å². The van der Waals surface area contributed by atoms with Crippen molar-refractivity contribution >= 4 is 6.29 Å². The van der Waals surface area contributed by atoms with Gasteiger partial charge in [-0.3, -0.25) is 0 Å². The molecule has 0 unspecified atom stereocenters. The zero-order chi connectivity index (χ0) is 14.9. The molecule has 0 heterocycles. The fourth-order valence-electron chi connectivity index (χ4n) is 2.66. The molecule has 21 heavy (non-hydrogen) atoms. The van der Waals surface area contributed by atoms with Gasteiger partial charge in [-0.15, -0.1) is 0 Å². The summed E-state index contributed by atoms with van der Waals surface area (Å²) in [4.78, 5) is 11.3. The van der Waals surface area contributed by atoms with Gasteiger partial charge in [0.1, 0.15) is 6.29 Å². The van der Waals surface area contributed by atoms with E-state index in [9.17, 15) is 4.79 Å². The average molecular weight is 280 g/mol. The number of hydrogen-bond donors (Lipinski definition) is 0. The number of benzene rings is 2. The van der Waals surface area contributed by atoms with Gasteiger partial charge in [-0.05, 0) is 23.1 Å². The van der Waals surface area contributed by atoms with Crippen molar-refractivity contribution < 1.29 is 4.79 Å². The normalized spacial score (nSPS) is 12.0. The number of aldehydes is 1. The van der Waals surface area contributed by atoms with Gasteiger partial charge in [0.2, 0.25) is 0 Å². The van der Waals surface area contributed by atoms with Crippen LogP contribution in [-0.2, 0) is 4.79 Å². The summed E-state index contributed by atoms with van der Waals surface area (Å²) in [6.07, 6.45) is 6.92. The first-order valence-corrected chi connectivity index (χ1v) is 7.96. The largest absolute Gasteiger partial charge is 0.303 e. The molecular formula is C20H24O. The molecule has 1 atom stereocenters. The lowest BCUT2D eigenvalue weighted by atomic mass is 9.93. The van der Waals surface area contributed by atoms with Crippen LogP contribution in [0.5, 0.6) is 0 Å². The molecule has 0 spiro atoms. The van der Waals surface area contributed by atoms with Crippen molar-refractivity contribution in [3.05, 3.63) is 60.2 Å². The van der Waals surface area contributed by atoms with E-state index in [1.807, 2.05) is 18.2 Å². The average Bonchev–Trinajstić information content (AvgIpc) is 2.56.